The van der Waals surface area contributed by atoms with Crippen LogP contribution in [0.3, 0.4) is 0 Å². The highest BCUT2D eigenvalue weighted by Gasteiger charge is 2.33. The zero-order valence-electron chi connectivity index (χ0n) is 15.7. The summed E-state index contributed by atoms with van der Waals surface area (Å²) in [5.41, 5.74) is 9.22. The Labute approximate surface area is 171 Å². The lowest BCUT2D eigenvalue weighted by Gasteiger charge is -2.17. The van der Waals surface area contributed by atoms with Crippen molar-refractivity contribution in [1.29, 1.82) is 0 Å². The Hall–Kier alpha value is -2.37. The molecular weight excluding hydrogens is 374 g/mol. The number of halogens is 1. The zero-order valence-corrected chi connectivity index (χ0v) is 16.5. The number of hydrogen-bond donors (Lipinski definition) is 2. The molecule has 1 heterocycles. The predicted molar refractivity (Wildman–Crippen MR) is 112 cm³/mol. The number of benzene rings is 2. The molecule has 0 spiro atoms. The molecule has 2 amide bonds. The molecule has 5 nitrogen and oxygen atoms in total. The molecule has 0 radical (unpaired) electrons. The van der Waals surface area contributed by atoms with Gasteiger partial charge >= 0.3 is 0 Å². The zero-order chi connectivity index (χ0) is 18.8. The molecule has 3 N–H and O–H groups in total. The summed E-state index contributed by atoms with van der Waals surface area (Å²) < 4.78 is 0. The van der Waals surface area contributed by atoms with Gasteiger partial charge in [0.2, 0.25) is 11.8 Å². The van der Waals surface area contributed by atoms with Gasteiger partial charge in [-0.1, -0.05) is 42.5 Å². The van der Waals surface area contributed by atoms with Gasteiger partial charge in [-0.15, -0.1) is 12.4 Å². The Kier molecular flexibility index (Phi) is 6.37. The minimum atomic E-state index is -0.0311. The molecule has 1 aliphatic carbocycles. The number of carbonyl (C=O) groups excluding carboxylic acids is 2. The number of nitrogens with two attached hydrogens (primary N) is 1. The van der Waals surface area contributed by atoms with E-state index in [0.717, 1.165) is 24.1 Å². The molecule has 148 valence electrons. The van der Waals surface area contributed by atoms with Crippen LogP contribution >= 0.6 is 12.4 Å². The summed E-state index contributed by atoms with van der Waals surface area (Å²) in [5.74, 6) is 0.564. The molecule has 2 fully saturated rings. The average molecular weight is 400 g/mol. The van der Waals surface area contributed by atoms with E-state index >= 15 is 0 Å². The monoisotopic (exact) mass is 399 g/mol. The van der Waals surface area contributed by atoms with E-state index < -0.39 is 0 Å². The topological polar surface area (TPSA) is 75.4 Å². The van der Waals surface area contributed by atoms with Crippen molar-refractivity contribution >= 4 is 29.9 Å². The first-order chi connectivity index (χ1) is 13.1. The van der Waals surface area contributed by atoms with E-state index in [0.29, 0.717) is 19.5 Å². The van der Waals surface area contributed by atoms with Gasteiger partial charge in [0, 0.05) is 36.7 Å². The van der Waals surface area contributed by atoms with Crippen LogP contribution in [0.4, 0.5) is 5.69 Å². The van der Waals surface area contributed by atoms with Crippen LogP contribution in [-0.2, 0) is 16.0 Å². The van der Waals surface area contributed by atoms with E-state index in [-0.39, 0.29) is 42.1 Å². The minimum Gasteiger partial charge on any atom is -0.340 e. The van der Waals surface area contributed by atoms with Crippen molar-refractivity contribution in [3.05, 3.63) is 65.7 Å². The van der Waals surface area contributed by atoms with Crippen LogP contribution in [0, 0.1) is 5.92 Å². The second kappa shape index (κ2) is 8.76. The number of carbonyl (C=O) groups is 2. The van der Waals surface area contributed by atoms with Crippen molar-refractivity contribution in [2.45, 2.75) is 31.2 Å². The second-order valence-electron chi connectivity index (χ2n) is 7.62. The van der Waals surface area contributed by atoms with Crippen molar-refractivity contribution in [3.8, 4) is 0 Å². The van der Waals surface area contributed by atoms with Gasteiger partial charge in [0.05, 0.1) is 6.42 Å². The Morgan fingerprint density at radius 3 is 2.32 bits per heavy atom. The molecular formula is C22H26ClN3O2. The third kappa shape index (κ3) is 4.72. The molecule has 1 saturated carbocycles. The first-order valence-electron chi connectivity index (χ1n) is 9.58. The van der Waals surface area contributed by atoms with Crippen LogP contribution in [0.15, 0.2) is 54.6 Å². The van der Waals surface area contributed by atoms with Crippen molar-refractivity contribution < 1.29 is 9.59 Å². The van der Waals surface area contributed by atoms with E-state index in [1.165, 1.54) is 5.56 Å². The van der Waals surface area contributed by atoms with Crippen LogP contribution in [0.5, 0.6) is 0 Å². The number of nitrogens with zero attached hydrogens (tertiary/aromatic N) is 1. The summed E-state index contributed by atoms with van der Waals surface area (Å²) in [4.78, 5) is 26.4. The van der Waals surface area contributed by atoms with Gasteiger partial charge in [-0.3, -0.25) is 9.59 Å². The molecule has 2 atom stereocenters. The smallest absolute Gasteiger partial charge is 0.227 e. The molecule has 28 heavy (non-hydrogen) atoms. The van der Waals surface area contributed by atoms with Gasteiger partial charge in [-0.05, 0) is 36.1 Å². The Bertz CT molecular complexity index is 821. The maximum Gasteiger partial charge on any atom is 0.227 e. The maximum atomic E-state index is 12.7. The normalized spacial score (nSPS) is 21.1. The summed E-state index contributed by atoms with van der Waals surface area (Å²) in [7, 11) is 0. The highest BCUT2D eigenvalue weighted by Crippen LogP contribution is 2.30. The fourth-order valence-electron chi connectivity index (χ4n) is 3.67. The van der Waals surface area contributed by atoms with Crippen LogP contribution in [0.1, 0.15) is 29.9 Å². The summed E-state index contributed by atoms with van der Waals surface area (Å²) >= 11 is 0. The van der Waals surface area contributed by atoms with E-state index in [1.54, 1.807) is 0 Å². The van der Waals surface area contributed by atoms with Gasteiger partial charge in [-0.25, -0.2) is 0 Å². The van der Waals surface area contributed by atoms with Crippen LogP contribution in [0.2, 0.25) is 0 Å². The standard InChI is InChI=1S/C22H25N3O2.ClH/c23-20-14-25(13-19(20)16-4-2-1-3-5-16)21(26)12-15-6-10-18(11-7-15)24-22(27)17-8-9-17;/h1-7,10-11,17,19-20H,8-9,12-14,23H2,(H,24,27);1H/t19-,20+;/m0./s1. The average Bonchev–Trinajstić information content (AvgIpc) is 3.46. The third-order valence-electron chi connectivity index (χ3n) is 5.47. The predicted octanol–water partition coefficient (Wildman–Crippen LogP) is 2.95. The lowest BCUT2D eigenvalue weighted by Crippen LogP contribution is -2.33. The van der Waals surface area contributed by atoms with E-state index in [1.807, 2.05) is 47.4 Å². The van der Waals surface area contributed by atoms with Crippen LogP contribution in [-0.4, -0.2) is 35.8 Å². The van der Waals surface area contributed by atoms with Gasteiger partial charge < -0.3 is 16.0 Å². The van der Waals surface area contributed by atoms with Crippen LogP contribution < -0.4 is 11.1 Å². The summed E-state index contributed by atoms with van der Waals surface area (Å²) in [6.07, 6.45) is 2.33. The molecule has 1 aliphatic heterocycles. The van der Waals surface area contributed by atoms with Crippen molar-refractivity contribution in [2.24, 2.45) is 11.7 Å². The quantitative estimate of drug-likeness (QED) is 0.811. The SMILES string of the molecule is Cl.N[C@@H]1CN(C(=O)Cc2ccc(NC(=O)C3CC3)cc2)C[C@H]1c1ccccc1. The first-order valence-corrected chi connectivity index (χ1v) is 9.58. The van der Waals surface area contributed by atoms with Crippen LogP contribution in [0.25, 0.3) is 0 Å². The molecule has 0 bridgehead atoms. The molecule has 4 rings (SSSR count). The number of likely N-dealkylation sites (tertiary alicyclic amines) is 1. The molecule has 2 aromatic carbocycles. The van der Waals surface area contributed by atoms with Gasteiger partial charge in [0.25, 0.3) is 0 Å². The highest BCUT2D eigenvalue weighted by atomic mass is 35.5. The maximum absolute atomic E-state index is 12.7. The lowest BCUT2D eigenvalue weighted by molar-refractivity contribution is -0.129. The highest BCUT2D eigenvalue weighted by molar-refractivity contribution is 5.94. The Balaban J connectivity index is 0.00000225. The third-order valence-corrected chi connectivity index (χ3v) is 5.47. The van der Waals surface area contributed by atoms with Crippen molar-refractivity contribution in [3.63, 3.8) is 0 Å². The largest absolute Gasteiger partial charge is 0.340 e. The van der Waals surface area contributed by atoms with E-state index in [4.69, 9.17) is 5.73 Å². The summed E-state index contributed by atoms with van der Waals surface area (Å²) in [6, 6.07) is 17.7. The Morgan fingerprint density at radius 1 is 1.00 bits per heavy atom. The van der Waals surface area contributed by atoms with E-state index in [9.17, 15) is 9.59 Å². The minimum absolute atomic E-state index is 0. The number of hydrogen-bond acceptors (Lipinski definition) is 3. The van der Waals surface area contributed by atoms with Gasteiger partial charge in [0.1, 0.15) is 0 Å². The number of nitrogens with one attached hydrogen (secondary N) is 1. The molecule has 1 saturated heterocycles. The van der Waals surface area contributed by atoms with Gasteiger partial charge in [-0.2, -0.15) is 0 Å². The van der Waals surface area contributed by atoms with Gasteiger partial charge in [0.15, 0.2) is 0 Å². The molecule has 0 aromatic heterocycles. The lowest BCUT2D eigenvalue weighted by atomic mass is 9.95. The number of anilines is 1. The summed E-state index contributed by atoms with van der Waals surface area (Å²) in [5, 5.41) is 2.92. The fraction of sp³-hybridized carbons (Fsp3) is 0.364. The van der Waals surface area contributed by atoms with Crippen molar-refractivity contribution in [2.75, 3.05) is 18.4 Å². The van der Waals surface area contributed by atoms with Crippen molar-refractivity contribution in [1.82, 2.24) is 4.90 Å². The molecule has 6 heteroatoms. The Morgan fingerprint density at radius 2 is 1.68 bits per heavy atom. The molecule has 2 aromatic rings. The second-order valence-corrected chi connectivity index (χ2v) is 7.62. The summed E-state index contributed by atoms with van der Waals surface area (Å²) in [6.45, 7) is 1.26. The number of amides is 2. The molecule has 0 unspecified atom stereocenters. The first kappa shape index (κ1) is 20.4. The fourth-order valence-corrected chi connectivity index (χ4v) is 3.67. The number of rotatable bonds is 5. The van der Waals surface area contributed by atoms with E-state index in [2.05, 4.69) is 17.4 Å². The molecule has 2 aliphatic rings.